The number of hydrogen-bond acceptors (Lipinski definition) is 3. The van der Waals surface area contributed by atoms with E-state index in [9.17, 15) is 0 Å². The Hall–Kier alpha value is -0.0551. The van der Waals surface area contributed by atoms with Gasteiger partial charge in [0, 0.05) is 19.8 Å². The molecule has 0 amide bonds. The monoisotopic (exact) mass is 129 g/mol. The zero-order chi connectivity index (χ0) is 6.53. The molecule has 0 aromatic carbocycles. The Kier molecular flexibility index (Phi) is 3.04. The summed E-state index contributed by atoms with van der Waals surface area (Å²) < 4.78 is 10.3. The molecule has 4 heteroatoms. The standard InChI is InChI=1S/C5H12BNO2/c1-2-4-8-6-7-3-5-9-6/h7H,2-5H2,1H3. The number of rotatable bonds is 3. The highest BCUT2D eigenvalue weighted by molar-refractivity contribution is 6.41. The Labute approximate surface area is 55.9 Å². The normalized spacial score (nSPS) is 19.0. The Morgan fingerprint density at radius 3 is 3.22 bits per heavy atom. The molecule has 1 saturated heterocycles. The van der Waals surface area contributed by atoms with Crippen molar-refractivity contribution in [1.82, 2.24) is 5.23 Å². The van der Waals surface area contributed by atoms with Gasteiger partial charge >= 0.3 is 7.25 Å². The van der Waals surface area contributed by atoms with Gasteiger partial charge in [0.15, 0.2) is 0 Å². The third-order valence-electron chi connectivity index (χ3n) is 1.16. The molecule has 0 atom stereocenters. The number of nitrogens with one attached hydrogen (secondary N) is 1. The van der Waals surface area contributed by atoms with E-state index >= 15 is 0 Å². The van der Waals surface area contributed by atoms with Crippen LogP contribution in [0.4, 0.5) is 0 Å². The summed E-state index contributed by atoms with van der Waals surface area (Å²) in [6, 6.07) is 0. The average Bonchev–Trinajstić information content (AvgIpc) is 2.34. The second-order valence-electron chi connectivity index (χ2n) is 2.03. The van der Waals surface area contributed by atoms with Crippen molar-refractivity contribution in [1.29, 1.82) is 0 Å². The molecule has 0 radical (unpaired) electrons. The maximum atomic E-state index is 5.22. The van der Waals surface area contributed by atoms with Crippen LogP contribution in [0.15, 0.2) is 0 Å². The second-order valence-corrected chi connectivity index (χ2v) is 2.03. The van der Waals surface area contributed by atoms with Gasteiger partial charge in [-0.1, -0.05) is 6.92 Å². The lowest BCUT2D eigenvalue weighted by Crippen LogP contribution is -2.32. The molecule has 0 aromatic heterocycles. The molecule has 1 aliphatic rings. The fourth-order valence-electron chi connectivity index (χ4n) is 0.734. The van der Waals surface area contributed by atoms with E-state index in [1.165, 1.54) is 0 Å². The Morgan fingerprint density at radius 1 is 1.78 bits per heavy atom. The molecule has 0 saturated carbocycles. The van der Waals surface area contributed by atoms with Crippen molar-refractivity contribution in [3.63, 3.8) is 0 Å². The van der Waals surface area contributed by atoms with Gasteiger partial charge in [-0.3, -0.25) is 0 Å². The minimum absolute atomic E-state index is 0.134. The summed E-state index contributed by atoms with van der Waals surface area (Å²) in [5.41, 5.74) is 0. The lowest BCUT2D eigenvalue weighted by Gasteiger charge is -2.03. The lowest BCUT2D eigenvalue weighted by atomic mass is 10.1. The lowest BCUT2D eigenvalue weighted by molar-refractivity contribution is 0.224. The molecule has 0 spiro atoms. The Balaban J connectivity index is 1.98. The van der Waals surface area contributed by atoms with Crippen LogP contribution in [0.5, 0.6) is 0 Å². The molecular formula is C5H12BNO2. The zero-order valence-electron chi connectivity index (χ0n) is 5.72. The maximum Gasteiger partial charge on any atom is 0.554 e. The fourth-order valence-corrected chi connectivity index (χ4v) is 0.734. The quantitative estimate of drug-likeness (QED) is 0.544. The molecule has 52 valence electrons. The van der Waals surface area contributed by atoms with Crippen molar-refractivity contribution in [3.05, 3.63) is 0 Å². The van der Waals surface area contributed by atoms with Gasteiger partial charge in [-0.25, -0.2) is 0 Å². The topological polar surface area (TPSA) is 30.5 Å². The highest BCUT2D eigenvalue weighted by Gasteiger charge is 2.22. The first-order chi connectivity index (χ1) is 4.43. The van der Waals surface area contributed by atoms with Crippen LogP contribution in [-0.2, 0) is 9.31 Å². The van der Waals surface area contributed by atoms with Gasteiger partial charge in [-0.15, -0.1) is 0 Å². The molecule has 0 aliphatic carbocycles. The summed E-state index contributed by atoms with van der Waals surface area (Å²) in [6.07, 6.45) is 1.04. The first-order valence-electron chi connectivity index (χ1n) is 3.40. The van der Waals surface area contributed by atoms with Gasteiger partial charge in [0.25, 0.3) is 0 Å². The first-order valence-corrected chi connectivity index (χ1v) is 3.40. The maximum absolute atomic E-state index is 5.22. The van der Waals surface area contributed by atoms with Crippen LogP contribution in [0.25, 0.3) is 0 Å². The minimum Gasteiger partial charge on any atom is -0.397 e. The molecular weight excluding hydrogens is 117 g/mol. The van der Waals surface area contributed by atoms with E-state index in [1.807, 2.05) is 0 Å². The van der Waals surface area contributed by atoms with E-state index in [0.717, 1.165) is 26.2 Å². The molecule has 1 rings (SSSR count). The van der Waals surface area contributed by atoms with Crippen molar-refractivity contribution in [3.8, 4) is 0 Å². The molecule has 0 aromatic rings. The molecule has 1 aliphatic heterocycles. The molecule has 1 N–H and O–H groups in total. The first kappa shape index (κ1) is 7.06. The van der Waals surface area contributed by atoms with Crippen molar-refractivity contribution in [2.75, 3.05) is 19.8 Å². The third-order valence-corrected chi connectivity index (χ3v) is 1.16. The van der Waals surface area contributed by atoms with Crippen molar-refractivity contribution >= 4 is 7.25 Å². The SMILES string of the molecule is CCCOB1NCCO1. The summed E-state index contributed by atoms with van der Waals surface area (Å²) in [6.45, 7) is 4.54. The van der Waals surface area contributed by atoms with Crippen molar-refractivity contribution < 1.29 is 9.31 Å². The van der Waals surface area contributed by atoms with Gasteiger partial charge in [0.05, 0.1) is 0 Å². The van der Waals surface area contributed by atoms with Crippen LogP contribution < -0.4 is 5.23 Å². The summed E-state index contributed by atoms with van der Waals surface area (Å²) in [4.78, 5) is 0. The number of hydrogen-bond donors (Lipinski definition) is 1. The third kappa shape index (κ3) is 2.34. The molecule has 3 nitrogen and oxygen atoms in total. The van der Waals surface area contributed by atoms with Crippen LogP contribution in [0.2, 0.25) is 0 Å². The summed E-state index contributed by atoms with van der Waals surface area (Å²) in [5, 5.41) is 3.05. The van der Waals surface area contributed by atoms with Gasteiger partial charge in [0.2, 0.25) is 0 Å². The Morgan fingerprint density at radius 2 is 2.67 bits per heavy atom. The second kappa shape index (κ2) is 3.87. The van der Waals surface area contributed by atoms with Crippen LogP contribution in [-0.4, -0.2) is 27.0 Å². The molecule has 9 heavy (non-hydrogen) atoms. The average molecular weight is 129 g/mol. The van der Waals surface area contributed by atoms with Crippen LogP contribution in [0.1, 0.15) is 13.3 Å². The van der Waals surface area contributed by atoms with E-state index in [4.69, 9.17) is 9.31 Å². The predicted molar refractivity (Wildman–Crippen MR) is 36.0 cm³/mol. The van der Waals surface area contributed by atoms with Crippen molar-refractivity contribution in [2.45, 2.75) is 13.3 Å². The summed E-state index contributed by atoms with van der Waals surface area (Å²) in [5.74, 6) is 0. The summed E-state index contributed by atoms with van der Waals surface area (Å²) >= 11 is 0. The van der Waals surface area contributed by atoms with Gasteiger partial charge in [-0.2, -0.15) is 0 Å². The van der Waals surface area contributed by atoms with E-state index in [1.54, 1.807) is 0 Å². The van der Waals surface area contributed by atoms with Gasteiger partial charge in [-0.05, 0) is 6.42 Å². The largest absolute Gasteiger partial charge is 0.554 e. The van der Waals surface area contributed by atoms with Crippen LogP contribution in [0.3, 0.4) is 0 Å². The molecule has 0 bridgehead atoms. The fraction of sp³-hybridized carbons (Fsp3) is 1.00. The van der Waals surface area contributed by atoms with Crippen molar-refractivity contribution in [2.24, 2.45) is 0 Å². The van der Waals surface area contributed by atoms with Gasteiger partial charge < -0.3 is 14.5 Å². The zero-order valence-corrected chi connectivity index (χ0v) is 5.72. The highest BCUT2D eigenvalue weighted by atomic mass is 16.6. The minimum atomic E-state index is -0.134. The Bertz CT molecular complexity index is 75.4. The predicted octanol–water partition coefficient (Wildman–Crippen LogP) is 0.0177. The van der Waals surface area contributed by atoms with Crippen LogP contribution >= 0.6 is 0 Å². The summed E-state index contributed by atoms with van der Waals surface area (Å²) in [7, 11) is -0.134. The van der Waals surface area contributed by atoms with E-state index in [2.05, 4.69) is 12.2 Å². The molecule has 0 unspecified atom stereocenters. The van der Waals surface area contributed by atoms with Gasteiger partial charge in [0.1, 0.15) is 0 Å². The van der Waals surface area contributed by atoms with E-state index in [-0.39, 0.29) is 7.25 Å². The van der Waals surface area contributed by atoms with E-state index < -0.39 is 0 Å². The van der Waals surface area contributed by atoms with Crippen LogP contribution in [0, 0.1) is 0 Å². The van der Waals surface area contributed by atoms with E-state index in [0.29, 0.717) is 0 Å². The molecule has 1 fully saturated rings. The highest BCUT2D eigenvalue weighted by Crippen LogP contribution is 1.92. The smallest absolute Gasteiger partial charge is 0.397 e. The molecule has 1 heterocycles.